The number of hydrogen-bond acceptors (Lipinski definition) is 6. The third kappa shape index (κ3) is 3.08. The first-order valence-corrected chi connectivity index (χ1v) is 8.74. The molecule has 26 heavy (non-hydrogen) atoms. The van der Waals surface area contributed by atoms with Crippen molar-refractivity contribution in [3.05, 3.63) is 18.3 Å². The van der Waals surface area contributed by atoms with Gasteiger partial charge in [0.2, 0.25) is 0 Å². The molecule has 7 nitrogen and oxygen atoms in total. The second kappa shape index (κ2) is 6.59. The van der Waals surface area contributed by atoms with E-state index in [2.05, 4.69) is 10.3 Å². The van der Waals surface area contributed by atoms with E-state index in [1.54, 1.807) is 18.9 Å². The highest BCUT2D eigenvalue weighted by Crippen LogP contribution is 2.40. The summed E-state index contributed by atoms with van der Waals surface area (Å²) >= 11 is 0. The van der Waals surface area contributed by atoms with Crippen LogP contribution in [0.25, 0.3) is 11.3 Å². The van der Waals surface area contributed by atoms with Gasteiger partial charge in [-0.25, -0.2) is 0 Å². The van der Waals surface area contributed by atoms with Crippen LogP contribution in [-0.4, -0.2) is 47.5 Å². The molecule has 1 aliphatic heterocycles. The Kier molecular flexibility index (Phi) is 4.75. The molecular formula is C18H26BN3O4. The lowest BCUT2D eigenvalue weighted by Crippen LogP contribution is -2.41. The van der Waals surface area contributed by atoms with Gasteiger partial charge in [0.25, 0.3) is 0 Å². The van der Waals surface area contributed by atoms with Crippen molar-refractivity contribution in [3.8, 4) is 22.8 Å². The van der Waals surface area contributed by atoms with Crippen molar-refractivity contribution in [1.29, 1.82) is 0 Å². The first-order valence-electron chi connectivity index (χ1n) is 8.74. The number of rotatable bonds is 5. The maximum atomic E-state index is 6.15. The molecule has 0 amide bonds. The first-order chi connectivity index (χ1) is 12.2. The van der Waals surface area contributed by atoms with Gasteiger partial charge in [-0.15, -0.1) is 5.10 Å². The minimum atomic E-state index is -0.497. The highest BCUT2D eigenvalue weighted by Gasteiger charge is 2.52. The van der Waals surface area contributed by atoms with Crippen LogP contribution in [0.15, 0.2) is 18.3 Å². The predicted molar refractivity (Wildman–Crippen MR) is 100.0 cm³/mol. The smallest absolute Gasteiger partial charge is 0.495 e. The van der Waals surface area contributed by atoms with Gasteiger partial charge in [0.05, 0.1) is 37.2 Å². The molecule has 2 heterocycles. The normalized spacial score (nSPS) is 18.2. The Morgan fingerprint density at radius 3 is 2.00 bits per heavy atom. The Morgan fingerprint density at radius 2 is 1.58 bits per heavy atom. The van der Waals surface area contributed by atoms with Crippen LogP contribution in [0.5, 0.6) is 11.5 Å². The largest absolute Gasteiger partial charge is 0.496 e. The van der Waals surface area contributed by atoms with Crippen molar-refractivity contribution >= 4 is 12.6 Å². The molecule has 1 aromatic heterocycles. The van der Waals surface area contributed by atoms with Crippen LogP contribution in [0.2, 0.25) is 0 Å². The Balaban J connectivity index is 2.05. The Bertz CT molecular complexity index is 762. The van der Waals surface area contributed by atoms with Gasteiger partial charge >= 0.3 is 7.12 Å². The molecule has 0 N–H and O–H groups in total. The van der Waals surface area contributed by atoms with Crippen molar-refractivity contribution in [3.63, 3.8) is 0 Å². The zero-order chi connectivity index (χ0) is 19.1. The van der Waals surface area contributed by atoms with Crippen molar-refractivity contribution < 1.29 is 18.8 Å². The molecule has 1 fully saturated rings. The van der Waals surface area contributed by atoms with E-state index >= 15 is 0 Å². The highest BCUT2D eigenvalue weighted by molar-refractivity contribution is 6.62. The lowest BCUT2D eigenvalue weighted by Gasteiger charge is -2.32. The van der Waals surface area contributed by atoms with E-state index in [0.717, 1.165) is 17.6 Å². The molecule has 1 aliphatic rings. The molecule has 2 aromatic rings. The van der Waals surface area contributed by atoms with E-state index < -0.39 is 18.3 Å². The van der Waals surface area contributed by atoms with Crippen LogP contribution in [0.1, 0.15) is 34.6 Å². The Labute approximate surface area is 154 Å². The fourth-order valence-electron chi connectivity index (χ4n) is 2.87. The molecule has 0 radical (unpaired) electrons. The lowest BCUT2D eigenvalue weighted by molar-refractivity contribution is 0.00578. The summed E-state index contributed by atoms with van der Waals surface area (Å²) in [6, 6.07) is 3.82. The van der Waals surface area contributed by atoms with Crippen molar-refractivity contribution in [2.24, 2.45) is 0 Å². The average Bonchev–Trinajstić information content (AvgIpc) is 3.15. The lowest BCUT2D eigenvalue weighted by atomic mass is 9.78. The summed E-state index contributed by atoms with van der Waals surface area (Å²) in [5, 5.41) is 8.34. The third-order valence-corrected chi connectivity index (χ3v) is 5.17. The summed E-state index contributed by atoms with van der Waals surface area (Å²) in [5.41, 5.74) is 1.46. The monoisotopic (exact) mass is 359 g/mol. The van der Waals surface area contributed by atoms with Crippen LogP contribution < -0.4 is 14.9 Å². The van der Waals surface area contributed by atoms with Crippen LogP contribution in [-0.2, 0) is 15.9 Å². The number of methoxy groups -OCH3 is 2. The predicted octanol–water partition coefficient (Wildman–Crippen LogP) is 2.28. The van der Waals surface area contributed by atoms with Gasteiger partial charge in [0.15, 0.2) is 0 Å². The van der Waals surface area contributed by atoms with E-state index in [1.807, 2.05) is 52.9 Å². The van der Waals surface area contributed by atoms with Gasteiger partial charge < -0.3 is 18.8 Å². The summed E-state index contributed by atoms with van der Waals surface area (Å²) in [7, 11) is 2.75. The van der Waals surface area contributed by atoms with E-state index in [0.29, 0.717) is 17.2 Å². The first kappa shape index (κ1) is 18.7. The summed E-state index contributed by atoms with van der Waals surface area (Å²) in [6.07, 6.45) is 1.87. The molecular weight excluding hydrogens is 333 g/mol. The number of nitrogens with zero attached hydrogens (tertiary/aromatic N) is 3. The molecule has 0 bridgehead atoms. The van der Waals surface area contributed by atoms with Gasteiger partial charge in [-0.05, 0) is 52.2 Å². The van der Waals surface area contributed by atoms with Gasteiger partial charge in [0, 0.05) is 6.54 Å². The third-order valence-electron chi connectivity index (χ3n) is 5.17. The molecule has 0 aliphatic carbocycles. The molecule has 140 valence electrons. The molecule has 0 spiro atoms. The van der Waals surface area contributed by atoms with Crippen LogP contribution in [0.3, 0.4) is 0 Å². The highest BCUT2D eigenvalue weighted by atomic mass is 16.7. The van der Waals surface area contributed by atoms with Crippen LogP contribution >= 0.6 is 0 Å². The van der Waals surface area contributed by atoms with E-state index in [9.17, 15) is 0 Å². The number of hydrogen-bond donors (Lipinski definition) is 0. The molecule has 8 heteroatoms. The maximum absolute atomic E-state index is 6.15. The van der Waals surface area contributed by atoms with Crippen LogP contribution in [0, 0.1) is 0 Å². The van der Waals surface area contributed by atoms with Gasteiger partial charge in [-0.2, -0.15) is 0 Å². The minimum Gasteiger partial charge on any atom is -0.496 e. The van der Waals surface area contributed by atoms with Crippen LogP contribution in [0.4, 0.5) is 0 Å². The standard InChI is InChI=1S/C18H26BN3O4/c1-8-22-11-13(20-21-22)16-14(23-6)9-12(10-15(16)24-7)19-25-17(2,3)18(4,5)26-19/h9-11H,8H2,1-7H3. The second-order valence-corrected chi connectivity index (χ2v) is 7.35. The van der Waals surface area contributed by atoms with Crippen molar-refractivity contribution in [2.75, 3.05) is 14.2 Å². The Hall–Kier alpha value is -2.06. The molecule has 0 saturated carbocycles. The fraction of sp³-hybridized carbons (Fsp3) is 0.556. The molecule has 1 saturated heterocycles. The summed E-state index contributed by atoms with van der Waals surface area (Å²) < 4.78 is 25.3. The zero-order valence-corrected chi connectivity index (χ0v) is 16.5. The summed E-state index contributed by atoms with van der Waals surface area (Å²) in [5.74, 6) is 1.27. The Morgan fingerprint density at radius 1 is 1.04 bits per heavy atom. The second-order valence-electron chi connectivity index (χ2n) is 7.35. The molecule has 0 unspecified atom stereocenters. The zero-order valence-electron chi connectivity index (χ0n) is 16.5. The number of aromatic nitrogens is 3. The van der Waals surface area contributed by atoms with E-state index in [1.165, 1.54) is 0 Å². The molecule has 3 rings (SSSR count). The van der Waals surface area contributed by atoms with E-state index in [-0.39, 0.29) is 0 Å². The van der Waals surface area contributed by atoms with Crippen molar-refractivity contribution in [2.45, 2.75) is 52.4 Å². The fourth-order valence-corrected chi connectivity index (χ4v) is 2.87. The number of benzene rings is 1. The molecule has 0 atom stereocenters. The van der Waals surface area contributed by atoms with Gasteiger partial charge in [-0.1, -0.05) is 5.21 Å². The average molecular weight is 359 g/mol. The topological polar surface area (TPSA) is 67.6 Å². The van der Waals surface area contributed by atoms with Gasteiger partial charge in [-0.3, -0.25) is 4.68 Å². The minimum absolute atomic E-state index is 0.416. The van der Waals surface area contributed by atoms with Crippen molar-refractivity contribution in [1.82, 2.24) is 15.0 Å². The SMILES string of the molecule is CCn1cc(-c2c(OC)cc(B3OC(C)(C)C(C)(C)O3)cc2OC)nn1. The number of ether oxygens (including phenoxy) is 2. The van der Waals surface area contributed by atoms with E-state index in [4.69, 9.17) is 18.8 Å². The van der Waals surface area contributed by atoms with Gasteiger partial charge in [0.1, 0.15) is 17.2 Å². The summed E-state index contributed by atoms with van der Waals surface area (Å²) in [4.78, 5) is 0. The quantitative estimate of drug-likeness (QED) is 0.763. The molecule has 1 aromatic carbocycles. The number of aryl methyl sites for hydroxylation is 1. The maximum Gasteiger partial charge on any atom is 0.495 e. The summed E-state index contributed by atoms with van der Waals surface area (Å²) in [6.45, 7) is 10.9.